The molecule has 0 amide bonds. The average Bonchev–Trinajstić information content (AvgIpc) is 2.95. The molecule has 0 aliphatic carbocycles. The van der Waals surface area contributed by atoms with Crippen LogP contribution in [0.2, 0.25) is 0 Å². The first-order valence-electron chi connectivity index (χ1n) is 13.4. The second-order valence-corrected chi connectivity index (χ2v) is 13.3. The van der Waals surface area contributed by atoms with Crippen molar-refractivity contribution in [1.82, 2.24) is 0 Å². The number of rotatable bonds is 10. The molecule has 0 aromatic heterocycles. The molecule has 2 unspecified atom stereocenters. The van der Waals surface area contributed by atoms with Crippen LogP contribution in [0.4, 0.5) is 0 Å². The lowest BCUT2D eigenvalue weighted by molar-refractivity contribution is -0.394. The molecule has 0 fully saturated rings. The summed E-state index contributed by atoms with van der Waals surface area (Å²) >= 11 is 0. The zero-order valence-corrected chi connectivity index (χ0v) is 24.3. The molecule has 2 atom stereocenters. The van der Waals surface area contributed by atoms with Crippen LogP contribution in [0, 0.1) is 5.92 Å². The molecule has 0 spiro atoms. The first-order chi connectivity index (χ1) is 19.7. The van der Waals surface area contributed by atoms with Crippen LogP contribution in [-0.2, 0) is 33.3 Å². The molecule has 9 heteroatoms. The van der Waals surface area contributed by atoms with Crippen LogP contribution >= 0.6 is 7.26 Å². The summed E-state index contributed by atoms with van der Waals surface area (Å²) in [6.07, 6.45) is 0. The maximum absolute atomic E-state index is 14.3. The first-order valence-corrected chi connectivity index (χ1v) is 15.3. The molecule has 3 aromatic carbocycles. The number of ether oxygens (including phenoxy) is 4. The number of carbonyl (C=O) groups is 3. The Bertz CT molecular complexity index is 1310. The number of benzene rings is 3. The number of hydrogen-bond acceptors (Lipinski definition) is 8. The summed E-state index contributed by atoms with van der Waals surface area (Å²) in [7, 11) is -3.25. The van der Waals surface area contributed by atoms with E-state index in [9.17, 15) is 19.5 Å². The van der Waals surface area contributed by atoms with Crippen LogP contribution < -0.4 is 21.0 Å². The summed E-state index contributed by atoms with van der Waals surface area (Å²) in [5.41, 5.74) is -1.99. The lowest BCUT2D eigenvalue weighted by atomic mass is 9.94. The molecular formula is C32H33O8P. The third-order valence-electron chi connectivity index (χ3n) is 6.72. The lowest BCUT2D eigenvalue weighted by Crippen LogP contribution is -2.52. The van der Waals surface area contributed by atoms with Gasteiger partial charge in [0.15, 0.2) is 11.4 Å². The van der Waals surface area contributed by atoms with Gasteiger partial charge in [0.1, 0.15) is 29.1 Å². The Hall–Kier alpha value is -4.16. The number of cyclic esters (lactones) is 1. The van der Waals surface area contributed by atoms with E-state index >= 15 is 0 Å². The van der Waals surface area contributed by atoms with Gasteiger partial charge in [-0.15, -0.1) is 0 Å². The summed E-state index contributed by atoms with van der Waals surface area (Å²) in [5, 5.41) is 15.7. The van der Waals surface area contributed by atoms with Crippen molar-refractivity contribution in [3.8, 4) is 0 Å². The maximum Gasteiger partial charge on any atom is 0.349 e. The normalized spacial score (nSPS) is 16.1. The van der Waals surface area contributed by atoms with E-state index < -0.39 is 54.1 Å². The minimum Gasteiger partial charge on any atom is -0.575 e. The summed E-state index contributed by atoms with van der Waals surface area (Å²) in [5.74, 6) is -7.04. The Balaban J connectivity index is 2.18. The molecule has 3 aromatic rings. The standard InChI is InChI=1S/C32H33O8P/c1-5-37-28(33)25(26-29(34)39-32(3,4)40-30(26)35)27(31(36)38-6-2)41(22-16-10-7-11-17-22,23-18-12-8-13-19-23)24-20-14-9-15-21-24/h7-21,25,27H,5-6H2,1-4H3. The summed E-state index contributed by atoms with van der Waals surface area (Å²) in [4.78, 5) is 41.7. The highest BCUT2D eigenvalue weighted by Crippen LogP contribution is 2.63. The van der Waals surface area contributed by atoms with Gasteiger partial charge in [-0.3, -0.25) is 4.79 Å². The molecule has 0 saturated heterocycles. The van der Waals surface area contributed by atoms with Gasteiger partial charge in [0.2, 0.25) is 0 Å². The van der Waals surface area contributed by atoms with Gasteiger partial charge in [0, 0.05) is 0 Å². The quantitative estimate of drug-likeness (QED) is 0.206. The van der Waals surface area contributed by atoms with Crippen molar-refractivity contribution in [2.75, 3.05) is 13.2 Å². The van der Waals surface area contributed by atoms with Crippen LogP contribution in [0.25, 0.3) is 0 Å². The van der Waals surface area contributed by atoms with Crippen LogP contribution in [0.3, 0.4) is 0 Å². The third-order valence-corrected chi connectivity index (χ3v) is 11.4. The highest BCUT2D eigenvalue weighted by molar-refractivity contribution is 7.97. The average molecular weight is 577 g/mol. The van der Waals surface area contributed by atoms with E-state index in [1.54, 1.807) is 13.8 Å². The predicted molar refractivity (Wildman–Crippen MR) is 154 cm³/mol. The Morgan fingerprint density at radius 1 is 0.756 bits per heavy atom. The van der Waals surface area contributed by atoms with Gasteiger partial charge < -0.3 is 24.1 Å². The Labute approximate surface area is 240 Å². The Kier molecular flexibility index (Phi) is 9.14. The van der Waals surface area contributed by atoms with Crippen molar-refractivity contribution >= 4 is 41.1 Å². The van der Waals surface area contributed by atoms with Crippen LogP contribution in [0.5, 0.6) is 0 Å². The molecule has 0 radical (unpaired) electrons. The zero-order valence-electron chi connectivity index (χ0n) is 23.4. The van der Waals surface area contributed by atoms with Crippen molar-refractivity contribution in [3.63, 3.8) is 0 Å². The van der Waals surface area contributed by atoms with Crippen LogP contribution in [-0.4, -0.2) is 42.6 Å². The molecule has 0 N–H and O–H groups in total. The maximum atomic E-state index is 14.3. The number of esters is 3. The second-order valence-electron chi connectivity index (χ2n) is 9.75. The largest absolute Gasteiger partial charge is 0.575 e. The first kappa shape index (κ1) is 29.8. The Morgan fingerprint density at radius 3 is 1.56 bits per heavy atom. The molecule has 1 heterocycles. The van der Waals surface area contributed by atoms with Crippen molar-refractivity contribution in [2.45, 2.75) is 39.1 Å². The Morgan fingerprint density at radius 2 is 1.17 bits per heavy atom. The fourth-order valence-electron chi connectivity index (χ4n) is 5.22. The predicted octanol–water partition coefficient (Wildman–Crippen LogP) is 2.97. The van der Waals surface area contributed by atoms with E-state index in [0.717, 1.165) is 15.9 Å². The highest BCUT2D eigenvalue weighted by atomic mass is 31.2. The van der Waals surface area contributed by atoms with E-state index in [4.69, 9.17) is 18.9 Å². The lowest BCUT2D eigenvalue weighted by Gasteiger charge is -2.42. The molecule has 1 aliphatic heterocycles. The molecule has 0 saturated carbocycles. The van der Waals surface area contributed by atoms with Crippen molar-refractivity contribution < 1.29 is 38.4 Å². The van der Waals surface area contributed by atoms with Gasteiger partial charge in [-0.2, -0.15) is 0 Å². The van der Waals surface area contributed by atoms with Gasteiger partial charge in [-0.1, -0.05) is 54.6 Å². The summed E-state index contributed by atoms with van der Waals surface area (Å²) in [6, 6.07) is 27.9. The molecule has 1 aliphatic rings. The smallest absolute Gasteiger partial charge is 0.349 e. The fraction of sp³-hybridized carbons (Fsp3) is 0.281. The van der Waals surface area contributed by atoms with Crippen LogP contribution in [0.15, 0.2) is 103 Å². The van der Waals surface area contributed by atoms with Gasteiger partial charge in [-0.05, 0) is 64.1 Å². The highest BCUT2D eigenvalue weighted by Gasteiger charge is 2.63. The van der Waals surface area contributed by atoms with Crippen molar-refractivity contribution in [2.24, 2.45) is 5.92 Å². The van der Waals surface area contributed by atoms with Gasteiger partial charge in [-0.25, -0.2) is 9.59 Å². The van der Waals surface area contributed by atoms with Gasteiger partial charge >= 0.3 is 17.9 Å². The van der Waals surface area contributed by atoms with Gasteiger partial charge in [0.25, 0.3) is 0 Å². The minimum absolute atomic E-state index is 0.000501. The van der Waals surface area contributed by atoms with E-state index in [0.29, 0.717) is 0 Å². The zero-order chi connectivity index (χ0) is 29.6. The number of hydrogen-bond donors (Lipinski definition) is 0. The van der Waals surface area contributed by atoms with E-state index in [1.807, 2.05) is 91.0 Å². The molecule has 214 valence electrons. The minimum atomic E-state index is -3.25. The van der Waals surface area contributed by atoms with E-state index in [1.165, 1.54) is 13.8 Å². The monoisotopic (exact) mass is 576 g/mol. The van der Waals surface area contributed by atoms with E-state index in [2.05, 4.69) is 0 Å². The fourth-order valence-corrected chi connectivity index (χ4v) is 10.1. The molecule has 8 nitrogen and oxygen atoms in total. The molecule has 41 heavy (non-hydrogen) atoms. The third kappa shape index (κ3) is 5.84. The topological polar surface area (TPSA) is 111 Å². The summed E-state index contributed by atoms with van der Waals surface area (Å²) < 4.78 is 21.9. The number of carbonyl (C=O) groups excluding carboxylic acids is 3. The molecule has 0 bridgehead atoms. The van der Waals surface area contributed by atoms with Crippen molar-refractivity contribution in [1.29, 1.82) is 0 Å². The van der Waals surface area contributed by atoms with E-state index in [-0.39, 0.29) is 13.2 Å². The second kappa shape index (κ2) is 12.6. The van der Waals surface area contributed by atoms with Crippen LogP contribution in [0.1, 0.15) is 27.7 Å². The summed E-state index contributed by atoms with van der Waals surface area (Å²) in [6.45, 7) is 6.03. The van der Waals surface area contributed by atoms with Gasteiger partial charge in [0.05, 0.1) is 24.7 Å². The SMILES string of the molecule is CCOC(=O)C(C1=C([O-])OC(C)(C)OC1=O)C(C(=O)OCC)[P+](c1ccccc1)(c1ccccc1)c1ccccc1. The molecule has 4 rings (SSSR count). The molecular weight excluding hydrogens is 543 g/mol. The van der Waals surface area contributed by atoms with Crippen molar-refractivity contribution in [3.05, 3.63) is 103 Å².